The minimum Gasteiger partial charge on any atom is -0.487 e. The molecule has 1 aliphatic rings. The van der Waals surface area contributed by atoms with Crippen molar-refractivity contribution >= 4 is 11.6 Å². The van der Waals surface area contributed by atoms with E-state index in [4.69, 9.17) is 10.5 Å². The predicted molar refractivity (Wildman–Crippen MR) is 71.7 cm³/mol. The van der Waals surface area contributed by atoms with Crippen molar-refractivity contribution in [3.8, 4) is 5.75 Å². The topological polar surface area (TPSA) is 64.3 Å². The fraction of sp³-hybridized carbons (Fsp3) is 0.357. The molecule has 0 unspecified atom stereocenters. The fourth-order valence-electron chi connectivity index (χ4n) is 1.50. The maximum absolute atomic E-state index is 11.9. The first-order valence-electron chi connectivity index (χ1n) is 6.04. The van der Waals surface area contributed by atoms with E-state index < -0.39 is 0 Å². The Hall–Kier alpha value is -1.97. The normalized spacial score (nSPS) is 14.1. The van der Waals surface area contributed by atoms with Crippen molar-refractivity contribution in [2.75, 3.05) is 12.3 Å². The maximum atomic E-state index is 11.9. The van der Waals surface area contributed by atoms with Gasteiger partial charge in [0.25, 0.3) is 5.91 Å². The molecule has 1 fully saturated rings. The van der Waals surface area contributed by atoms with Crippen LogP contribution in [0.15, 0.2) is 30.4 Å². The second-order valence-corrected chi connectivity index (χ2v) is 4.75. The quantitative estimate of drug-likeness (QED) is 0.618. The van der Waals surface area contributed by atoms with Crippen LogP contribution in [0.1, 0.15) is 30.1 Å². The zero-order chi connectivity index (χ0) is 13.1. The number of rotatable bonds is 5. The number of nitrogens with one attached hydrogen (secondary N) is 1. The predicted octanol–water partition coefficient (Wildman–Crippen LogP) is 2.12. The van der Waals surface area contributed by atoms with Gasteiger partial charge in [0.05, 0.1) is 5.69 Å². The molecule has 0 bridgehead atoms. The molecule has 1 aliphatic carbocycles. The van der Waals surface area contributed by atoms with Crippen molar-refractivity contribution < 1.29 is 9.53 Å². The van der Waals surface area contributed by atoms with E-state index in [2.05, 4.69) is 11.9 Å². The summed E-state index contributed by atoms with van der Waals surface area (Å²) < 4.78 is 5.51. The van der Waals surface area contributed by atoms with Crippen LogP contribution in [-0.4, -0.2) is 18.6 Å². The van der Waals surface area contributed by atoms with Gasteiger partial charge in [-0.25, -0.2) is 0 Å². The summed E-state index contributed by atoms with van der Waals surface area (Å²) in [5.74, 6) is 0.458. The highest BCUT2D eigenvalue weighted by Crippen LogP contribution is 2.24. The van der Waals surface area contributed by atoms with Crippen LogP contribution in [-0.2, 0) is 0 Å². The van der Waals surface area contributed by atoms with Gasteiger partial charge in [-0.05, 0) is 43.5 Å². The van der Waals surface area contributed by atoms with Crippen molar-refractivity contribution in [2.45, 2.75) is 25.8 Å². The fourth-order valence-corrected chi connectivity index (χ4v) is 1.50. The Morgan fingerprint density at radius 2 is 2.28 bits per heavy atom. The van der Waals surface area contributed by atoms with E-state index in [0.717, 1.165) is 18.4 Å². The van der Waals surface area contributed by atoms with E-state index >= 15 is 0 Å². The molecule has 3 N–H and O–H groups in total. The zero-order valence-electron chi connectivity index (χ0n) is 10.5. The standard InChI is InChI=1S/C14H18N2O2/c1-9(2)8-18-13-7-10(3-6-12(13)15)14(17)16-11-4-5-11/h3,6-7,11H,1,4-5,8,15H2,2H3,(H,16,17). The summed E-state index contributed by atoms with van der Waals surface area (Å²) in [6.45, 7) is 6.04. The van der Waals surface area contributed by atoms with E-state index in [-0.39, 0.29) is 5.91 Å². The summed E-state index contributed by atoms with van der Waals surface area (Å²) in [5.41, 5.74) is 7.81. The molecule has 4 heteroatoms. The summed E-state index contributed by atoms with van der Waals surface area (Å²) >= 11 is 0. The summed E-state index contributed by atoms with van der Waals surface area (Å²) in [6, 6.07) is 5.42. The third-order valence-electron chi connectivity index (χ3n) is 2.66. The van der Waals surface area contributed by atoms with Gasteiger partial charge in [0.2, 0.25) is 0 Å². The minimum absolute atomic E-state index is 0.0716. The molecule has 0 aromatic heterocycles. The number of nitrogen functional groups attached to an aromatic ring is 1. The number of amides is 1. The number of ether oxygens (including phenoxy) is 1. The number of anilines is 1. The number of carbonyl (C=O) groups excluding carboxylic acids is 1. The molecule has 0 atom stereocenters. The van der Waals surface area contributed by atoms with Crippen molar-refractivity contribution in [1.29, 1.82) is 0 Å². The second kappa shape index (κ2) is 5.12. The SMILES string of the molecule is C=C(C)COc1cc(C(=O)NC2CC2)ccc1N. The molecular weight excluding hydrogens is 228 g/mol. The van der Waals surface area contributed by atoms with Crippen LogP contribution in [0, 0.1) is 0 Å². The van der Waals surface area contributed by atoms with E-state index in [1.807, 2.05) is 6.92 Å². The minimum atomic E-state index is -0.0716. The highest BCUT2D eigenvalue weighted by molar-refractivity contribution is 5.95. The van der Waals surface area contributed by atoms with Gasteiger partial charge in [-0.2, -0.15) is 0 Å². The number of benzene rings is 1. The van der Waals surface area contributed by atoms with Crippen molar-refractivity contribution in [3.63, 3.8) is 0 Å². The van der Waals surface area contributed by atoms with Crippen LogP contribution < -0.4 is 15.8 Å². The molecule has 4 nitrogen and oxygen atoms in total. The largest absolute Gasteiger partial charge is 0.487 e. The van der Waals surface area contributed by atoms with Crippen LogP contribution in [0.25, 0.3) is 0 Å². The maximum Gasteiger partial charge on any atom is 0.251 e. The van der Waals surface area contributed by atoms with Gasteiger partial charge in [-0.3, -0.25) is 4.79 Å². The Morgan fingerprint density at radius 3 is 2.89 bits per heavy atom. The zero-order valence-corrected chi connectivity index (χ0v) is 10.5. The van der Waals surface area contributed by atoms with Gasteiger partial charge in [-0.1, -0.05) is 6.58 Å². The molecule has 96 valence electrons. The van der Waals surface area contributed by atoms with E-state index in [1.54, 1.807) is 18.2 Å². The van der Waals surface area contributed by atoms with Crippen molar-refractivity contribution in [2.24, 2.45) is 0 Å². The third kappa shape index (κ3) is 3.26. The molecule has 0 saturated heterocycles. The summed E-state index contributed by atoms with van der Waals surface area (Å²) in [5, 5.41) is 2.93. The molecule has 0 spiro atoms. The smallest absolute Gasteiger partial charge is 0.251 e. The summed E-state index contributed by atoms with van der Waals surface area (Å²) in [6.07, 6.45) is 2.14. The lowest BCUT2D eigenvalue weighted by molar-refractivity contribution is 0.0950. The lowest BCUT2D eigenvalue weighted by Crippen LogP contribution is -2.25. The Bertz CT molecular complexity index is 479. The van der Waals surface area contributed by atoms with E-state index in [9.17, 15) is 4.79 Å². The molecule has 2 rings (SSSR count). The molecule has 1 aromatic carbocycles. The Balaban J connectivity index is 2.08. The van der Waals surface area contributed by atoms with Crippen LogP contribution >= 0.6 is 0 Å². The number of nitrogens with two attached hydrogens (primary N) is 1. The molecular formula is C14H18N2O2. The summed E-state index contributed by atoms with van der Waals surface area (Å²) in [4.78, 5) is 11.9. The van der Waals surface area contributed by atoms with Gasteiger partial charge in [-0.15, -0.1) is 0 Å². The van der Waals surface area contributed by atoms with Crippen LogP contribution in [0.2, 0.25) is 0 Å². The highest BCUT2D eigenvalue weighted by Gasteiger charge is 2.24. The lowest BCUT2D eigenvalue weighted by atomic mass is 10.1. The molecule has 0 radical (unpaired) electrons. The number of hydrogen-bond donors (Lipinski definition) is 2. The van der Waals surface area contributed by atoms with Gasteiger partial charge >= 0.3 is 0 Å². The van der Waals surface area contributed by atoms with Crippen LogP contribution in [0.3, 0.4) is 0 Å². The molecule has 1 saturated carbocycles. The van der Waals surface area contributed by atoms with Crippen LogP contribution in [0.5, 0.6) is 5.75 Å². The summed E-state index contributed by atoms with van der Waals surface area (Å²) in [7, 11) is 0. The monoisotopic (exact) mass is 246 g/mol. The van der Waals surface area contributed by atoms with Gasteiger partial charge < -0.3 is 15.8 Å². The van der Waals surface area contributed by atoms with E-state index in [1.165, 1.54) is 0 Å². The average molecular weight is 246 g/mol. The molecule has 0 heterocycles. The Morgan fingerprint density at radius 1 is 1.56 bits per heavy atom. The average Bonchev–Trinajstić information content (AvgIpc) is 3.11. The molecule has 1 aromatic rings. The molecule has 18 heavy (non-hydrogen) atoms. The van der Waals surface area contributed by atoms with Crippen LogP contribution in [0.4, 0.5) is 5.69 Å². The first-order valence-corrected chi connectivity index (χ1v) is 6.04. The third-order valence-corrected chi connectivity index (χ3v) is 2.66. The first kappa shape index (κ1) is 12.5. The van der Waals surface area contributed by atoms with Crippen molar-refractivity contribution in [3.05, 3.63) is 35.9 Å². The van der Waals surface area contributed by atoms with Gasteiger partial charge in [0.1, 0.15) is 12.4 Å². The molecule has 1 amide bonds. The Labute approximate surface area is 107 Å². The van der Waals surface area contributed by atoms with E-state index in [0.29, 0.717) is 29.6 Å². The Kier molecular flexibility index (Phi) is 3.55. The molecule has 0 aliphatic heterocycles. The van der Waals surface area contributed by atoms with Gasteiger partial charge in [0, 0.05) is 11.6 Å². The highest BCUT2D eigenvalue weighted by atomic mass is 16.5. The number of carbonyl (C=O) groups is 1. The number of hydrogen-bond acceptors (Lipinski definition) is 3. The van der Waals surface area contributed by atoms with Crippen molar-refractivity contribution in [1.82, 2.24) is 5.32 Å². The second-order valence-electron chi connectivity index (χ2n) is 4.75. The first-order chi connectivity index (χ1) is 8.56. The van der Waals surface area contributed by atoms with Gasteiger partial charge in [0.15, 0.2) is 0 Å². The lowest BCUT2D eigenvalue weighted by Gasteiger charge is -2.10.